The molecular formula is C14H16BrNO. The van der Waals surface area contributed by atoms with Crippen molar-refractivity contribution in [2.45, 2.75) is 37.5 Å². The number of hydrogen-bond donors (Lipinski definition) is 0. The van der Waals surface area contributed by atoms with Crippen LogP contribution < -0.4 is 0 Å². The van der Waals surface area contributed by atoms with Gasteiger partial charge in [-0.3, -0.25) is 0 Å². The number of carbonyl (C=O) groups excluding carboxylic acids is 1. The van der Waals surface area contributed by atoms with Gasteiger partial charge < -0.3 is 0 Å². The minimum absolute atomic E-state index is 0.0658. The molecule has 1 aromatic carbocycles. The van der Waals surface area contributed by atoms with Gasteiger partial charge in [-0.1, -0.05) is 47.3 Å². The number of benzene rings is 1. The highest BCUT2D eigenvalue weighted by molar-refractivity contribution is 9.10. The summed E-state index contributed by atoms with van der Waals surface area (Å²) >= 11 is 3.45. The van der Waals surface area contributed by atoms with Crippen LogP contribution in [0.15, 0.2) is 33.7 Å². The molecule has 1 aliphatic carbocycles. The first-order valence-electron chi connectivity index (χ1n) is 6.06. The molecule has 0 saturated heterocycles. The fourth-order valence-electron chi connectivity index (χ4n) is 2.75. The van der Waals surface area contributed by atoms with E-state index in [0.29, 0.717) is 6.54 Å². The van der Waals surface area contributed by atoms with Crippen molar-refractivity contribution in [1.29, 1.82) is 0 Å². The predicted molar refractivity (Wildman–Crippen MR) is 71.9 cm³/mol. The molecule has 3 heteroatoms. The summed E-state index contributed by atoms with van der Waals surface area (Å²) in [6, 6.07) is 8.43. The number of halogens is 1. The summed E-state index contributed by atoms with van der Waals surface area (Å²) in [7, 11) is 0. The number of hydrogen-bond acceptors (Lipinski definition) is 2. The molecule has 1 fully saturated rings. The first-order valence-corrected chi connectivity index (χ1v) is 6.86. The Morgan fingerprint density at radius 2 is 1.82 bits per heavy atom. The van der Waals surface area contributed by atoms with Crippen LogP contribution in [0.25, 0.3) is 0 Å². The molecule has 1 saturated carbocycles. The van der Waals surface area contributed by atoms with E-state index in [9.17, 15) is 4.79 Å². The molecule has 0 heterocycles. The highest BCUT2D eigenvalue weighted by Gasteiger charge is 2.33. The maximum Gasteiger partial charge on any atom is 0.234 e. The van der Waals surface area contributed by atoms with Crippen LogP contribution in [0.5, 0.6) is 0 Å². The molecule has 0 atom stereocenters. The average molecular weight is 294 g/mol. The smallest absolute Gasteiger partial charge is 0.211 e. The summed E-state index contributed by atoms with van der Waals surface area (Å²) in [6.45, 7) is 0.581. The molecule has 0 unspecified atom stereocenters. The lowest BCUT2D eigenvalue weighted by Crippen LogP contribution is -2.32. The van der Waals surface area contributed by atoms with Crippen LogP contribution in [0.4, 0.5) is 0 Å². The van der Waals surface area contributed by atoms with Gasteiger partial charge in [-0.2, -0.15) is 0 Å². The number of aliphatic imine (C=N–C) groups is 1. The van der Waals surface area contributed by atoms with Crippen molar-refractivity contribution in [3.63, 3.8) is 0 Å². The van der Waals surface area contributed by atoms with Gasteiger partial charge in [-0.15, -0.1) is 0 Å². The van der Waals surface area contributed by atoms with Crippen LogP contribution >= 0.6 is 15.9 Å². The van der Waals surface area contributed by atoms with Gasteiger partial charge in [0.25, 0.3) is 0 Å². The summed E-state index contributed by atoms with van der Waals surface area (Å²) in [5.41, 5.74) is 1.37. The second kappa shape index (κ2) is 5.61. The quantitative estimate of drug-likeness (QED) is 0.612. The Kier molecular flexibility index (Phi) is 4.14. The van der Waals surface area contributed by atoms with Gasteiger partial charge in [0.1, 0.15) is 0 Å². The Morgan fingerprint density at radius 1 is 1.18 bits per heavy atom. The molecule has 1 aromatic rings. The van der Waals surface area contributed by atoms with Crippen molar-refractivity contribution in [3.8, 4) is 0 Å². The third kappa shape index (κ3) is 2.85. The van der Waals surface area contributed by atoms with E-state index < -0.39 is 0 Å². The maximum atomic E-state index is 10.4. The SMILES string of the molecule is O=C=NCC1(c2ccc(Br)cc2)CCCCC1. The molecule has 0 N–H and O–H groups in total. The Labute approximate surface area is 110 Å². The predicted octanol–water partition coefficient (Wildman–Crippen LogP) is 3.99. The van der Waals surface area contributed by atoms with Crippen LogP contribution in [0.1, 0.15) is 37.7 Å². The fraction of sp³-hybridized carbons (Fsp3) is 0.500. The molecule has 2 nitrogen and oxygen atoms in total. The van der Waals surface area contributed by atoms with E-state index in [4.69, 9.17) is 0 Å². The number of rotatable bonds is 3. The summed E-state index contributed by atoms with van der Waals surface area (Å²) in [5.74, 6) is 0. The molecule has 0 spiro atoms. The Balaban J connectivity index is 2.31. The van der Waals surface area contributed by atoms with Crippen molar-refractivity contribution >= 4 is 22.0 Å². The van der Waals surface area contributed by atoms with Crippen LogP contribution in [0.2, 0.25) is 0 Å². The van der Waals surface area contributed by atoms with Gasteiger partial charge in [0, 0.05) is 9.89 Å². The van der Waals surface area contributed by atoms with E-state index in [0.717, 1.165) is 17.3 Å². The van der Waals surface area contributed by atoms with Crippen molar-refractivity contribution < 1.29 is 4.79 Å². The van der Waals surface area contributed by atoms with E-state index in [1.165, 1.54) is 24.8 Å². The first-order chi connectivity index (χ1) is 8.27. The van der Waals surface area contributed by atoms with E-state index in [1.807, 2.05) is 0 Å². The molecule has 17 heavy (non-hydrogen) atoms. The highest BCUT2D eigenvalue weighted by Crippen LogP contribution is 2.40. The fourth-order valence-corrected chi connectivity index (χ4v) is 3.02. The van der Waals surface area contributed by atoms with Gasteiger partial charge in [0.05, 0.1) is 6.54 Å². The normalized spacial score (nSPS) is 18.4. The van der Waals surface area contributed by atoms with Gasteiger partial charge in [0.15, 0.2) is 0 Å². The standard InChI is InChI=1S/C14H16BrNO/c15-13-6-4-12(5-7-13)14(10-16-11-17)8-2-1-3-9-14/h4-7H,1-3,8-10H2. The second-order valence-corrected chi connectivity index (χ2v) is 5.67. The lowest BCUT2D eigenvalue weighted by molar-refractivity contribution is 0.301. The molecule has 1 aliphatic rings. The van der Waals surface area contributed by atoms with E-state index >= 15 is 0 Å². The van der Waals surface area contributed by atoms with Crippen molar-refractivity contribution in [3.05, 3.63) is 34.3 Å². The molecule has 0 aromatic heterocycles. The monoisotopic (exact) mass is 293 g/mol. The van der Waals surface area contributed by atoms with Gasteiger partial charge in [-0.05, 0) is 30.5 Å². The molecule has 0 radical (unpaired) electrons. The molecule has 2 rings (SSSR count). The molecule has 90 valence electrons. The molecule has 0 aliphatic heterocycles. The zero-order valence-corrected chi connectivity index (χ0v) is 11.4. The summed E-state index contributed by atoms with van der Waals surface area (Å²) < 4.78 is 1.09. The largest absolute Gasteiger partial charge is 0.234 e. The summed E-state index contributed by atoms with van der Waals surface area (Å²) in [4.78, 5) is 14.2. The zero-order valence-electron chi connectivity index (χ0n) is 9.79. The molecule has 0 amide bonds. The minimum Gasteiger partial charge on any atom is -0.211 e. The van der Waals surface area contributed by atoms with Crippen molar-refractivity contribution in [2.24, 2.45) is 4.99 Å². The second-order valence-electron chi connectivity index (χ2n) is 4.76. The third-order valence-electron chi connectivity index (χ3n) is 3.71. The van der Waals surface area contributed by atoms with Crippen LogP contribution in [-0.2, 0) is 10.2 Å². The number of nitrogens with zero attached hydrogens (tertiary/aromatic N) is 1. The van der Waals surface area contributed by atoms with Gasteiger partial charge in [0.2, 0.25) is 6.08 Å². The zero-order chi connectivity index (χ0) is 12.1. The summed E-state index contributed by atoms with van der Waals surface area (Å²) in [6.07, 6.45) is 7.68. The summed E-state index contributed by atoms with van der Waals surface area (Å²) in [5, 5.41) is 0. The van der Waals surface area contributed by atoms with Crippen LogP contribution in [-0.4, -0.2) is 12.6 Å². The van der Waals surface area contributed by atoms with Crippen LogP contribution in [0, 0.1) is 0 Å². The maximum absolute atomic E-state index is 10.4. The molecule has 0 bridgehead atoms. The minimum atomic E-state index is 0.0658. The van der Waals surface area contributed by atoms with Crippen molar-refractivity contribution in [1.82, 2.24) is 0 Å². The average Bonchev–Trinajstić information content (AvgIpc) is 2.38. The van der Waals surface area contributed by atoms with E-state index in [2.05, 4.69) is 45.2 Å². The third-order valence-corrected chi connectivity index (χ3v) is 4.24. The van der Waals surface area contributed by atoms with Gasteiger partial charge >= 0.3 is 0 Å². The highest BCUT2D eigenvalue weighted by atomic mass is 79.9. The van der Waals surface area contributed by atoms with Gasteiger partial charge in [-0.25, -0.2) is 9.79 Å². The topological polar surface area (TPSA) is 29.4 Å². The van der Waals surface area contributed by atoms with Crippen molar-refractivity contribution in [2.75, 3.05) is 6.54 Å². The lowest BCUT2D eigenvalue weighted by Gasteiger charge is -2.36. The number of isocyanates is 1. The van der Waals surface area contributed by atoms with E-state index in [1.54, 1.807) is 6.08 Å². The Bertz CT molecular complexity index is 414. The Hall–Kier alpha value is -0.920. The lowest BCUT2D eigenvalue weighted by atomic mass is 9.69. The van der Waals surface area contributed by atoms with E-state index in [-0.39, 0.29) is 5.41 Å². The first kappa shape index (κ1) is 12.5. The Morgan fingerprint density at radius 3 is 2.41 bits per heavy atom. The molecular weight excluding hydrogens is 278 g/mol. The van der Waals surface area contributed by atoms with Crippen LogP contribution in [0.3, 0.4) is 0 Å².